The van der Waals surface area contributed by atoms with Crippen LogP contribution in [0.2, 0.25) is 0 Å². The van der Waals surface area contributed by atoms with Gasteiger partial charge in [0.05, 0.1) is 23.0 Å². The number of hydrogen-bond donors (Lipinski definition) is 3. The van der Waals surface area contributed by atoms with Crippen molar-refractivity contribution in [3.05, 3.63) is 78.0 Å². The zero-order valence-electron chi connectivity index (χ0n) is 21.0. The minimum atomic E-state index is -3.67. The number of rotatable bonds is 3. The molecule has 0 radical (unpaired) electrons. The van der Waals surface area contributed by atoms with Crippen LogP contribution in [0.5, 0.6) is 5.75 Å². The maximum absolute atomic E-state index is 14.1. The molecule has 2 heterocycles. The summed E-state index contributed by atoms with van der Waals surface area (Å²) in [6.45, 7) is 1.40. The number of hydrogen-bond acceptors (Lipinski definition) is 7. The molecule has 5 rings (SSSR count). The fourth-order valence-electron chi connectivity index (χ4n) is 4.60. The van der Waals surface area contributed by atoms with Gasteiger partial charge in [-0.25, -0.2) is 8.78 Å². The molecular weight excluding hydrogens is 526 g/mol. The molecule has 8 nitrogen and oxygen atoms in total. The van der Waals surface area contributed by atoms with E-state index in [4.69, 9.17) is 10.3 Å². The van der Waals surface area contributed by atoms with Crippen LogP contribution < -0.4 is 10.6 Å². The molecule has 0 spiro atoms. The van der Waals surface area contributed by atoms with E-state index in [0.29, 0.717) is 47.1 Å². The van der Waals surface area contributed by atoms with Gasteiger partial charge in [0.1, 0.15) is 23.5 Å². The maximum Gasteiger partial charge on any atom is 0.261 e. The third-order valence-electron chi connectivity index (χ3n) is 6.34. The van der Waals surface area contributed by atoms with E-state index >= 15 is 0 Å². The molecule has 0 atom stereocenters. The van der Waals surface area contributed by atoms with Gasteiger partial charge in [0.2, 0.25) is 0 Å². The molecule has 0 bridgehead atoms. The van der Waals surface area contributed by atoms with Crippen molar-refractivity contribution in [2.24, 2.45) is 5.73 Å². The van der Waals surface area contributed by atoms with E-state index in [9.17, 15) is 27.6 Å². The Morgan fingerprint density at radius 3 is 2.28 bits per heavy atom. The van der Waals surface area contributed by atoms with E-state index in [2.05, 4.69) is 9.88 Å². The summed E-state index contributed by atoms with van der Waals surface area (Å²) in [5.41, 5.74) is 10.1. The van der Waals surface area contributed by atoms with Crippen molar-refractivity contribution in [3.8, 4) is 34.1 Å². The molecule has 3 aromatic carbocycles. The number of nitriles is 1. The van der Waals surface area contributed by atoms with Crippen LogP contribution in [0.1, 0.15) is 18.4 Å². The maximum atomic E-state index is 14.1. The lowest BCUT2D eigenvalue weighted by atomic mass is 9.95. The lowest BCUT2D eigenvalue weighted by Crippen LogP contribution is -2.40. The fraction of sp³-hybridized carbons (Fsp3) is 0.214. The summed E-state index contributed by atoms with van der Waals surface area (Å²) in [7, 11) is -3.67. The molecule has 39 heavy (non-hydrogen) atoms. The topological polar surface area (TPSA) is 141 Å². The Morgan fingerprint density at radius 2 is 1.67 bits per heavy atom. The Kier molecular flexibility index (Phi) is 8.11. The molecule has 1 aliphatic rings. The van der Waals surface area contributed by atoms with Crippen molar-refractivity contribution in [2.45, 2.75) is 18.9 Å². The van der Waals surface area contributed by atoms with Gasteiger partial charge in [-0.2, -0.15) is 13.7 Å². The summed E-state index contributed by atoms with van der Waals surface area (Å²) in [4.78, 5) is 6.75. The third kappa shape index (κ3) is 6.67. The molecule has 202 valence electrons. The van der Waals surface area contributed by atoms with Crippen LogP contribution in [0.3, 0.4) is 0 Å². The largest absolute Gasteiger partial charge is 0.506 e. The second kappa shape index (κ2) is 11.3. The smallest absolute Gasteiger partial charge is 0.261 e. The first kappa shape index (κ1) is 27.9. The van der Waals surface area contributed by atoms with Gasteiger partial charge in [-0.1, -0.05) is 18.2 Å². The van der Waals surface area contributed by atoms with Gasteiger partial charge in [0, 0.05) is 47.9 Å². The molecule has 0 unspecified atom stereocenters. The van der Waals surface area contributed by atoms with Crippen molar-refractivity contribution >= 4 is 26.7 Å². The normalized spacial score (nSPS) is 14.0. The minimum Gasteiger partial charge on any atom is -0.506 e. The van der Waals surface area contributed by atoms with Gasteiger partial charge in [-0.15, -0.1) is 0 Å². The van der Waals surface area contributed by atoms with E-state index in [1.165, 1.54) is 12.1 Å². The molecule has 1 fully saturated rings. The Hall–Kier alpha value is -4.11. The van der Waals surface area contributed by atoms with Crippen molar-refractivity contribution < 1.29 is 26.9 Å². The molecule has 0 amide bonds. The minimum absolute atomic E-state index is 0.0915. The monoisotopic (exact) mass is 552 g/mol. The summed E-state index contributed by atoms with van der Waals surface area (Å²) < 4.78 is 54.1. The van der Waals surface area contributed by atoms with Gasteiger partial charge in [0.25, 0.3) is 10.1 Å². The second-order valence-electron chi connectivity index (χ2n) is 9.28. The zero-order valence-corrected chi connectivity index (χ0v) is 21.8. The first-order chi connectivity index (χ1) is 18.4. The Balaban J connectivity index is 0.000000648. The lowest BCUT2D eigenvalue weighted by Gasteiger charge is -2.34. The standard InChI is InChI=1S/C27H22F2N4O.CH4O3S/c28-19-10-18(11-20(29)13-19)24-15-32-25-5-4-16(22-3-1-2-17(14-30)27(22)34)12-23(25)26(24)33-8-6-21(31)7-9-33;1-5(2,3)4/h1-5,10-13,15,21,34H,6-9,31H2;1H3,(H,2,3,4). The van der Waals surface area contributed by atoms with E-state index in [-0.39, 0.29) is 17.4 Å². The molecule has 4 aromatic rings. The highest BCUT2D eigenvalue weighted by Crippen LogP contribution is 2.41. The summed E-state index contributed by atoms with van der Waals surface area (Å²) >= 11 is 0. The zero-order chi connectivity index (χ0) is 28.3. The molecule has 11 heteroatoms. The highest BCUT2D eigenvalue weighted by molar-refractivity contribution is 7.85. The highest BCUT2D eigenvalue weighted by Gasteiger charge is 2.23. The number of phenols is 1. The van der Waals surface area contributed by atoms with Crippen LogP contribution >= 0.6 is 0 Å². The molecule has 4 N–H and O–H groups in total. The van der Waals surface area contributed by atoms with Gasteiger partial charge in [-0.3, -0.25) is 9.54 Å². The Labute approximate surface area is 224 Å². The van der Waals surface area contributed by atoms with Crippen molar-refractivity contribution in [1.29, 1.82) is 5.26 Å². The molecule has 1 saturated heterocycles. The number of aromatic hydroxyl groups is 1. The van der Waals surface area contributed by atoms with Gasteiger partial charge >= 0.3 is 0 Å². The number of benzene rings is 3. The Bertz CT molecular complexity index is 1650. The number of piperidine rings is 1. The average molecular weight is 553 g/mol. The molecule has 1 aromatic heterocycles. The quantitative estimate of drug-likeness (QED) is 0.306. The number of phenolic OH excluding ortho intramolecular Hbond substituents is 1. The summed E-state index contributed by atoms with van der Waals surface area (Å²) in [6.07, 6.45) is 3.96. The van der Waals surface area contributed by atoms with Crippen LogP contribution in [0.25, 0.3) is 33.2 Å². The second-order valence-corrected chi connectivity index (χ2v) is 10.7. The predicted octanol–water partition coefficient (Wildman–Crippen LogP) is 4.86. The van der Waals surface area contributed by atoms with E-state index in [0.717, 1.165) is 30.0 Å². The van der Waals surface area contributed by atoms with E-state index in [1.54, 1.807) is 24.4 Å². The fourth-order valence-corrected chi connectivity index (χ4v) is 4.60. The summed E-state index contributed by atoms with van der Waals surface area (Å²) in [5.74, 6) is -1.41. The van der Waals surface area contributed by atoms with E-state index < -0.39 is 21.8 Å². The first-order valence-corrected chi connectivity index (χ1v) is 13.8. The third-order valence-corrected chi connectivity index (χ3v) is 6.34. The molecule has 0 saturated carbocycles. The van der Waals surface area contributed by atoms with Crippen molar-refractivity contribution in [1.82, 2.24) is 4.98 Å². The van der Waals surface area contributed by atoms with Gasteiger partial charge in [-0.05, 0) is 54.3 Å². The first-order valence-electron chi connectivity index (χ1n) is 12.0. The SMILES string of the molecule is CS(=O)(=O)O.N#Cc1cccc(-c2ccc3ncc(-c4cc(F)cc(F)c4)c(N4CCC(N)CC4)c3c2)c1O. The van der Waals surface area contributed by atoms with Crippen LogP contribution in [0.4, 0.5) is 14.5 Å². The molecular formula is C28H26F2N4O4S. The average Bonchev–Trinajstić information content (AvgIpc) is 2.87. The number of nitrogens with zero attached hydrogens (tertiary/aromatic N) is 3. The molecule has 1 aliphatic heterocycles. The predicted molar refractivity (Wildman–Crippen MR) is 146 cm³/mol. The number of pyridine rings is 1. The Morgan fingerprint density at radius 1 is 1.03 bits per heavy atom. The number of anilines is 1. The number of nitrogens with two attached hydrogens (primary N) is 1. The molecule has 0 aliphatic carbocycles. The lowest BCUT2D eigenvalue weighted by molar-refractivity contribution is 0.475. The summed E-state index contributed by atoms with van der Waals surface area (Å²) in [6, 6.07) is 16.2. The van der Waals surface area contributed by atoms with Crippen molar-refractivity contribution in [3.63, 3.8) is 0 Å². The number of aromatic nitrogens is 1. The van der Waals surface area contributed by atoms with Crippen molar-refractivity contribution in [2.75, 3.05) is 24.2 Å². The van der Waals surface area contributed by atoms with Crippen LogP contribution in [0, 0.1) is 23.0 Å². The van der Waals surface area contributed by atoms with Gasteiger partial charge < -0.3 is 15.7 Å². The van der Waals surface area contributed by atoms with Gasteiger partial charge in [0.15, 0.2) is 0 Å². The number of para-hydroxylation sites is 1. The van der Waals surface area contributed by atoms with Crippen LogP contribution in [-0.2, 0) is 10.1 Å². The van der Waals surface area contributed by atoms with Crippen LogP contribution in [-0.4, -0.2) is 48.4 Å². The number of halogens is 2. The van der Waals surface area contributed by atoms with Crippen LogP contribution in [0.15, 0.2) is 60.8 Å². The van der Waals surface area contributed by atoms with E-state index in [1.807, 2.05) is 24.3 Å². The highest BCUT2D eigenvalue weighted by atomic mass is 32.2. The summed E-state index contributed by atoms with van der Waals surface area (Å²) in [5, 5.41) is 20.7. The number of fused-ring (bicyclic) bond motifs is 1.